The minimum atomic E-state index is -0.400. The molecule has 38 heavy (non-hydrogen) atoms. The number of para-hydroxylation sites is 2. The number of ether oxygens (including phenoxy) is 1. The van der Waals surface area contributed by atoms with Gasteiger partial charge in [0.2, 0.25) is 0 Å². The summed E-state index contributed by atoms with van der Waals surface area (Å²) in [6, 6.07) is 34.0. The first kappa shape index (κ1) is 26.6. The van der Waals surface area contributed by atoms with Crippen molar-refractivity contribution in [2.75, 3.05) is 18.5 Å². The molecule has 0 fully saturated rings. The van der Waals surface area contributed by atoms with Crippen molar-refractivity contribution in [1.29, 1.82) is 0 Å². The Kier molecular flexibility index (Phi) is 9.59. The first-order valence-electron chi connectivity index (χ1n) is 12.4. The third-order valence-corrected chi connectivity index (χ3v) is 6.02. The summed E-state index contributed by atoms with van der Waals surface area (Å²) < 4.78 is 5.90. The van der Waals surface area contributed by atoms with E-state index in [2.05, 4.69) is 16.0 Å². The Hall–Kier alpha value is -4.49. The normalized spacial score (nSPS) is 10.3. The first-order valence-corrected chi connectivity index (χ1v) is 12.8. The zero-order valence-electron chi connectivity index (χ0n) is 20.9. The monoisotopic (exact) mass is 523 g/mol. The average Bonchev–Trinajstić information content (AvgIpc) is 2.94. The number of hydrogen-bond donors (Lipinski definition) is 3. The van der Waals surface area contributed by atoms with Gasteiger partial charge >= 0.3 is 0 Å². The van der Waals surface area contributed by atoms with E-state index >= 15 is 0 Å². The van der Waals surface area contributed by atoms with Gasteiger partial charge in [-0.25, -0.2) is 0 Å². The Morgan fingerprint density at radius 3 is 1.95 bits per heavy atom. The van der Waals surface area contributed by atoms with Crippen LogP contribution in [0.25, 0.3) is 0 Å². The smallest absolute Gasteiger partial charge is 0.261 e. The molecule has 6 nitrogen and oxygen atoms in total. The SMILES string of the molecule is O=C(NCCc1ccccc1)c1ccccc1NC(=S)NC(=O)c1ccccc1OCCc1ccccc1. The molecular weight excluding hydrogens is 494 g/mol. The minimum Gasteiger partial charge on any atom is -0.492 e. The maximum absolute atomic E-state index is 13.0. The van der Waals surface area contributed by atoms with Crippen LogP contribution in [-0.4, -0.2) is 30.1 Å². The molecule has 0 saturated carbocycles. The maximum Gasteiger partial charge on any atom is 0.261 e. The van der Waals surface area contributed by atoms with Gasteiger partial charge < -0.3 is 15.4 Å². The second-order valence-electron chi connectivity index (χ2n) is 8.53. The number of thiocarbonyl (C=S) groups is 1. The van der Waals surface area contributed by atoms with Crippen LogP contribution in [0, 0.1) is 0 Å². The highest BCUT2D eigenvalue weighted by Crippen LogP contribution is 2.19. The van der Waals surface area contributed by atoms with Crippen LogP contribution in [0.5, 0.6) is 5.75 Å². The number of carbonyl (C=O) groups excluding carboxylic acids is 2. The molecule has 0 radical (unpaired) electrons. The number of hydrogen-bond acceptors (Lipinski definition) is 4. The van der Waals surface area contributed by atoms with Crippen molar-refractivity contribution in [2.45, 2.75) is 12.8 Å². The van der Waals surface area contributed by atoms with E-state index in [9.17, 15) is 9.59 Å². The number of benzene rings is 4. The van der Waals surface area contributed by atoms with Crippen molar-refractivity contribution in [3.05, 3.63) is 131 Å². The summed E-state index contributed by atoms with van der Waals surface area (Å²) >= 11 is 5.39. The zero-order valence-corrected chi connectivity index (χ0v) is 21.7. The summed E-state index contributed by atoms with van der Waals surface area (Å²) in [5, 5.41) is 8.70. The molecule has 4 rings (SSSR count). The molecule has 0 atom stereocenters. The molecule has 0 unspecified atom stereocenters. The zero-order chi connectivity index (χ0) is 26.6. The lowest BCUT2D eigenvalue weighted by Crippen LogP contribution is -2.35. The lowest BCUT2D eigenvalue weighted by atomic mass is 10.1. The minimum absolute atomic E-state index is 0.0821. The Bertz CT molecular complexity index is 1380. The van der Waals surface area contributed by atoms with E-state index in [4.69, 9.17) is 17.0 Å². The average molecular weight is 524 g/mol. The third kappa shape index (κ3) is 7.75. The van der Waals surface area contributed by atoms with Crippen molar-refractivity contribution in [2.24, 2.45) is 0 Å². The molecule has 0 aliphatic rings. The van der Waals surface area contributed by atoms with Crippen LogP contribution in [0.2, 0.25) is 0 Å². The van der Waals surface area contributed by atoms with E-state index in [1.54, 1.807) is 42.5 Å². The number of anilines is 1. The summed E-state index contributed by atoms with van der Waals surface area (Å²) in [5.41, 5.74) is 3.61. The van der Waals surface area contributed by atoms with Crippen LogP contribution in [0.3, 0.4) is 0 Å². The number of rotatable bonds is 10. The van der Waals surface area contributed by atoms with Gasteiger partial charge in [0.05, 0.1) is 23.4 Å². The van der Waals surface area contributed by atoms with Gasteiger partial charge in [-0.3, -0.25) is 14.9 Å². The summed E-state index contributed by atoms with van der Waals surface area (Å²) in [6.45, 7) is 0.934. The molecule has 0 bridgehead atoms. The predicted octanol–water partition coefficient (Wildman–Crippen LogP) is 5.41. The Morgan fingerprint density at radius 2 is 1.24 bits per heavy atom. The second kappa shape index (κ2) is 13.7. The Morgan fingerprint density at radius 1 is 0.658 bits per heavy atom. The maximum atomic E-state index is 13.0. The van der Waals surface area contributed by atoms with Crippen LogP contribution in [0.1, 0.15) is 31.8 Å². The molecule has 0 heterocycles. The second-order valence-corrected chi connectivity index (χ2v) is 8.93. The van der Waals surface area contributed by atoms with Crippen molar-refractivity contribution >= 4 is 34.8 Å². The molecule has 0 aliphatic carbocycles. The topological polar surface area (TPSA) is 79.5 Å². The van der Waals surface area contributed by atoms with E-state index in [-0.39, 0.29) is 11.0 Å². The lowest BCUT2D eigenvalue weighted by molar-refractivity contribution is 0.0952. The third-order valence-electron chi connectivity index (χ3n) is 5.81. The van der Waals surface area contributed by atoms with Gasteiger partial charge in [-0.05, 0) is 54.0 Å². The van der Waals surface area contributed by atoms with Crippen molar-refractivity contribution in [3.63, 3.8) is 0 Å². The molecule has 4 aromatic rings. The van der Waals surface area contributed by atoms with Crippen LogP contribution >= 0.6 is 12.2 Å². The van der Waals surface area contributed by atoms with Crippen LogP contribution in [0.4, 0.5) is 5.69 Å². The van der Waals surface area contributed by atoms with Crippen LogP contribution in [-0.2, 0) is 12.8 Å². The van der Waals surface area contributed by atoms with Gasteiger partial charge in [-0.15, -0.1) is 0 Å². The quantitative estimate of drug-likeness (QED) is 0.242. The molecule has 192 valence electrons. The number of nitrogens with one attached hydrogen (secondary N) is 3. The van der Waals surface area contributed by atoms with Gasteiger partial charge in [-0.1, -0.05) is 84.9 Å². The highest BCUT2D eigenvalue weighted by molar-refractivity contribution is 7.80. The lowest BCUT2D eigenvalue weighted by Gasteiger charge is -2.15. The van der Waals surface area contributed by atoms with Gasteiger partial charge in [-0.2, -0.15) is 0 Å². The van der Waals surface area contributed by atoms with E-state index in [1.165, 1.54) is 0 Å². The van der Waals surface area contributed by atoms with Gasteiger partial charge in [0.25, 0.3) is 11.8 Å². The predicted molar refractivity (Wildman–Crippen MR) is 155 cm³/mol. The number of carbonyl (C=O) groups is 2. The fourth-order valence-electron chi connectivity index (χ4n) is 3.88. The molecule has 3 N–H and O–H groups in total. The van der Waals surface area contributed by atoms with E-state index in [1.807, 2.05) is 66.7 Å². The summed E-state index contributed by atoms with van der Waals surface area (Å²) in [5.74, 6) is -0.153. The van der Waals surface area contributed by atoms with Gasteiger partial charge in [0, 0.05) is 13.0 Å². The van der Waals surface area contributed by atoms with Crippen molar-refractivity contribution in [1.82, 2.24) is 10.6 Å². The fourth-order valence-corrected chi connectivity index (χ4v) is 4.08. The molecule has 0 aromatic heterocycles. The largest absolute Gasteiger partial charge is 0.492 e. The van der Waals surface area contributed by atoms with Crippen LogP contribution < -0.4 is 20.7 Å². The van der Waals surface area contributed by atoms with E-state index in [0.717, 1.165) is 24.0 Å². The van der Waals surface area contributed by atoms with Gasteiger partial charge in [0.1, 0.15) is 5.75 Å². The molecule has 4 aromatic carbocycles. The highest BCUT2D eigenvalue weighted by atomic mass is 32.1. The van der Waals surface area contributed by atoms with E-state index < -0.39 is 5.91 Å². The standard InChI is InChI=1S/C31H29N3O3S/c35-29(32-21-19-23-11-3-1-4-12-23)25-15-7-9-17-27(25)33-31(38)34-30(36)26-16-8-10-18-28(26)37-22-20-24-13-5-2-6-14-24/h1-18H,19-22H2,(H,32,35)(H2,33,34,36,38). The molecule has 2 amide bonds. The summed E-state index contributed by atoms with van der Waals surface area (Å²) in [6.07, 6.45) is 1.45. The van der Waals surface area contributed by atoms with Crippen molar-refractivity contribution < 1.29 is 14.3 Å². The van der Waals surface area contributed by atoms with Crippen molar-refractivity contribution in [3.8, 4) is 5.75 Å². The summed E-state index contributed by atoms with van der Waals surface area (Å²) in [7, 11) is 0. The van der Waals surface area contributed by atoms with E-state index in [0.29, 0.717) is 35.7 Å². The number of amides is 2. The first-order chi connectivity index (χ1) is 18.6. The van der Waals surface area contributed by atoms with Crippen LogP contribution in [0.15, 0.2) is 109 Å². The molecule has 0 spiro atoms. The molecular formula is C31H29N3O3S. The highest BCUT2D eigenvalue weighted by Gasteiger charge is 2.16. The van der Waals surface area contributed by atoms with Gasteiger partial charge in [0.15, 0.2) is 5.11 Å². The Balaban J connectivity index is 1.33. The molecule has 0 saturated heterocycles. The fraction of sp³-hybridized carbons (Fsp3) is 0.129. The molecule has 0 aliphatic heterocycles. The molecule has 7 heteroatoms. The summed E-state index contributed by atoms with van der Waals surface area (Å²) in [4.78, 5) is 25.8. The Labute approximate surface area is 228 Å².